The molecule has 0 fully saturated rings. The monoisotopic (exact) mass is 163 g/mol. The molecule has 0 saturated carbocycles. The molecule has 0 aromatic rings. The minimum absolute atomic E-state index is 0.188. The van der Waals surface area contributed by atoms with Crippen molar-refractivity contribution in [3.05, 3.63) is 0 Å². The van der Waals surface area contributed by atoms with E-state index in [-0.39, 0.29) is 6.04 Å². The molecule has 4 heteroatoms. The molecule has 0 aliphatic carbocycles. The van der Waals surface area contributed by atoms with Crippen molar-refractivity contribution in [1.82, 2.24) is 5.32 Å². The van der Waals surface area contributed by atoms with Crippen LogP contribution in [0, 0.1) is 0 Å². The lowest BCUT2D eigenvalue weighted by Crippen LogP contribution is -2.42. The van der Waals surface area contributed by atoms with Gasteiger partial charge in [-0.2, -0.15) is 12.6 Å². The maximum Gasteiger partial charge on any atom is 0.321 e. The first-order valence-corrected chi connectivity index (χ1v) is 3.81. The summed E-state index contributed by atoms with van der Waals surface area (Å²) in [5, 5.41) is 11.4. The van der Waals surface area contributed by atoms with Crippen molar-refractivity contribution in [1.29, 1.82) is 0 Å². The number of carboxylic acid groups (broad SMARTS) is 1. The van der Waals surface area contributed by atoms with E-state index in [1.54, 1.807) is 0 Å². The molecule has 0 saturated heterocycles. The predicted octanol–water partition coefficient (Wildman–Crippen LogP) is 0.367. The number of hydrogen-bond acceptors (Lipinski definition) is 3. The van der Waals surface area contributed by atoms with Gasteiger partial charge in [-0.25, -0.2) is 0 Å². The number of nitrogens with one attached hydrogen (secondary N) is 1. The van der Waals surface area contributed by atoms with E-state index in [1.165, 1.54) is 0 Å². The highest BCUT2D eigenvalue weighted by molar-refractivity contribution is 7.80. The second-order valence-corrected chi connectivity index (χ2v) is 2.76. The molecule has 10 heavy (non-hydrogen) atoms. The van der Waals surface area contributed by atoms with Gasteiger partial charge in [0, 0.05) is 11.8 Å². The van der Waals surface area contributed by atoms with Crippen molar-refractivity contribution < 1.29 is 9.90 Å². The lowest BCUT2D eigenvalue weighted by Gasteiger charge is -2.14. The molecule has 3 nitrogen and oxygen atoms in total. The predicted molar refractivity (Wildman–Crippen MR) is 43.5 cm³/mol. The molecule has 0 radical (unpaired) electrons. The molecule has 1 atom stereocenters. The van der Waals surface area contributed by atoms with E-state index < -0.39 is 12.0 Å². The first-order chi connectivity index (χ1) is 4.57. The van der Waals surface area contributed by atoms with Crippen molar-refractivity contribution in [2.24, 2.45) is 0 Å². The third kappa shape index (κ3) is 3.74. The van der Waals surface area contributed by atoms with Crippen molar-refractivity contribution in [3.63, 3.8) is 0 Å². The fourth-order valence-corrected chi connectivity index (χ4v) is 0.866. The van der Waals surface area contributed by atoms with Gasteiger partial charge in [0.2, 0.25) is 0 Å². The van der Waals surface area contributed by atoms with Crippen LogP contribution in [0.4, 0.5) is 0 Å². The van der Waals surface area contributed by atoms with Gasteiger partial charge < -0.3 is 10.4 Å². The molecule has 0 bridgehead atoms. The summed E-state index contributed by atoms with van der Waals surface area (Å²) in [6.45, 7) is 3.80. The number of hydrogen-bond donors (Lipinski definition) is 3. The molecule has 2 N–H and O–H groups in total. The van der Waals surface area contributed by atoms with E-state index in [2.05, 4.69) is 17.9 Å². The first kappa shape index (κ1) is 9.78. The lowest BCUT2D eigenvalue weighted by molar-refractivity contribution is -0.139. The fourth-order valence-electron chi connectivity index (χ4n) is 0.604. The topological polar surface area (TPSA) is 49.3 Å². The molecule has 0 amide bonds. The van der Waals surface area contributed by atoms with Crippen LogP contribution in [-0.2, 0) is 4.79 Å². The molecular formula is C6H13NO2S. The Balaban J connectivity index is 3.72. The average Bonchev–Trinajstić information content (AvgIpc) is 1.81. The van der Waals surface area contributed by atoms with Crippen molar-refractivity contribution in [2.45, 2.75) is 25.9 Å². The summed E-state index contributed by atoms with van der Waals surface area (Å²) in [6.07, 6.45) is 0. The van der Waals surface area contributed by atoms with Gasteiger partial charge in [0.25, 0.3) is 0 Å². The molecule has 0 aromatic carbocycles. The van der Waals surface area contributed by atoms with Crippen molar-refractivity contribution in [2.75, 3.05) is 5.75 Å². The summed E-state index contributed by atoms with van der Waals surface area (Å²) in [5.74, 6) is -0.517. The highest BCUT2D eigenvalue weighted by atomic mass is 32.1. The minimum Gasteiger partial charge on any atom is -0.480 e. The van der Waals surface area contributed by atoms with E-state index in [0.717, 1.165) is 0 Å². The number of aliphatic carboxylic acids is 1. The zero-order valence-electron chi connectivity index (χ0n) is 6.16. The number of thiol groups is 1. The number of rotatable bonds is 4. The van der Waals surface area contributed by atoms with Crippen LogP contribution in [0.25, 0.3) is 0 Å². The van der Waals surface area contributed by atoms with Gasteiger partial charge in [-0.1, -0.05) is 13.8 Å². The Morgan fingerprint density at radius 3 is 2.30 bits per heavy atom. The van der Waals surface area contributed by atoms with E-state index in [9.17, 15) is 4.79 Å². The Kier molecular flexibility index (Phi) is 4.47. The number of carboxylic acids is 1. The second-order valence-electron chi connectivity index (χ2n) is 2.39. The van der Waals surface area contributed by atoms with Gasteiger partial charge in [0.1, 0.15) is 6.04 Å². The van der Waals surface area contributed by atoms with E-state index >= 15 is 0 Å². The highest BCUT2D eigenvalue weighted by Gasteiger charge is 2.14. The normalized spacial score (nSPS) is 13.6. The van der Waals surface area contributed by atoms with Crippen molar-refractivity contribution >= 4 is 18.6 Å². The Morgan fingerprint density at radius 2 is 2.20 bits per heavy atom. The van der Waals surface area contributed by atoms with Crippen LogP contribution in [-0.4, -0.2) is 28.9 Å². The molecule has 0 aliphatic rings. The summed E-state index contributed by atoms with van der Waals surface area (Å²) in [4.78, 5) is 10.4. The number of carbonyl (C=O) groups is 1. The van der Waals surface area contributed by atoms with Gasteiger partial charge in [-0.05, 0) is 0 Å². The third-order valence-electron chi connectivity index (χ3n) is 1.02. The zero-order valence-corrected chi connectivity index (χ0v) is 7.06. The third-order valence-corrected chi connectivity index (χ3v) is 1.38. The molecule has 0 heterocycles. The molecule has 1 unspecified atom stereocenters. The Bertz CT molecular complexity index is 116. The molecule has 0 aliphatic heterocycles. The fraction of sp³-hybridized carbons (Fsp3) is 0.833. The van der Waals surface area contributed by atoms with Gasteiger partial charge in [0.05, 0.1) is 0 Å². The SMILES string of the molecule is CC(C)NC(CS)C(=O)O. The summed E-state index contributed by atoms with van der Waals surface area (Å²) in [6, 6.07) is -0.336. The summed E-state index contributed by atoms with van der Waals surface area (Å²) < 4.78 is 0. The van der Waals surface area contributed by atoms with Crippen LogP contribution in [0.3, 0.4) is 0 Å². The minimum atomic E-state index is -0.844. The van der Waals surface area contributed by atoms with Gasteiger partial charge >= 0.3 is 5.97 Å². The van der Waals surface area contributed by atoms with E-state index in [4.69, 9.17) is 5.11 Å². The summed E-state index contributed by atoms with van der Waals surface area (Å²) in [5.41, 5.74) is 0. The Morgan fingerprint density at radius 1 is 1.70 bits per heavy atom. The quantitative estimate of drug-likeness (QED) is 0.525. The van der Waals surface area contributed by atoms with Crippen LogP contribution in [0.2, 0.25) is 0 Å². The molecule has 0 rings (SSSR count). The van der Waals surface area contributed by atoms with Crippen LogP contribution in [0.5, 0.6) is 0 Å². The molecule has 0 spiro atoms. The van der Waals surface area contributed by atoms with Crippen LogP contribution in [0.15, 0.2) is 0 Å². The lowest BCUT2D eigenvalue weighted by atomic mass is 10.3. The molecule has 60 valence electrons. The van der Waals surface area contributed by atoms with Gasteiger partial charge in [-0.3, -0.25) is 4.79 Å². The summed E-state index contributed by atoms with van der Waals surface area (Å²) >= 11 is 3.89. The zero-order chi connectivity index (χ0) is 8.15. The first-order valence-electron chi connectivity index (χ1n) is 3.17. The smallest absolute Gasteiger partial charge is 0.321 e. The molecular weight excluding hydrogens is 150 g/mol. The maximum atomic E-state index is 10.4. The largest absolute Gasteiger partial charge is 0.480 e. The van der Waals surface area contributed by atoms with E-state index in [1.807, 2.05) is 13.8 Å². The average molecular weight is 163 g/mol. The van der Waals surface area contributed by atoms with Gasteiger partial charge in [-0.15, -0.1) is 0 Å². The standard InChI is InChI=1S/C6H13NO2S/c1-4(2)7-5(3-10)6(8)9/h4-5,7,10H,3H2,1-2H3,(H,8,9). The van der Waals surface area contributed by atoms with Crippen LogP contribution in [0.1, 0.15) is 13.8 Å². The van der Waals surface area contributed by atoms with E-state index in [0.29, 0.717) is 5.75 Å². The highest BCUT2D eigenvalue weighted by Crippen LogP contribution is 1.90. The maximum absolute atomic E-state index is 10.4. The van der Waals surface area contributed by atoms with Gasteiger partial charge in [0.15, 0.2) is 0 Å². The molecule has 0 aromatic heterocycles. The van der Waals surface area contributed by atoms with Crippen molar-refractivity contribution in [3.8, 4) is 0 Å². The summed E-state index contributed by atoms with van der Waals surface area (Å²) in [7, 11) is 0. The Labute approximate surface area is 66.2 Å². The Hall–Kier alpha value is -0.220. The van der Waals surface area contributed by atoms with Crippen LogP contribution >= 0.6 is 12.6 Å². The second kappa shape index (κ2) is 4.57. The van der Waals surface area contributed by atoms with Crippen LogP contribution < -0.4 is 5.32 Å².